The highest BCUT2D eigenvalue weighted by molar-refractivity contribution is 7.71. The van der Waals surface area contributed by atoms with Gasteiger partial charge in [0, 0.05) is 6.04 Å². The second kappa shape index (κ2) is 3.03. The quantitative estimate of drug-likeness (QED) is 0.788. The molecule has 1 fully saturated rings. The SMILES string of the molecule is COc1ncnc2c1[nH]c(=S)n2C1CC1. The molecular formula is C9H10N4OS. The van der Waals surface area contributed by atoms with Gasteiger partial charge in [-0.05, 0) is 25.1 Å². The molecule has 15 heavy (non-hydrogen) atoms. The first kappa shape index (κ1) is 8.84. The minimum atomic E-state index is 0.505. The Morgan fingerprint density at radius 2 is 2.33 bits per heavy atom. The molecule has 0 bridgehead atoms. The Bertz CT molecular complexity index is 569. The molecule has 78 valence electrons. The average molecular weight is 222 g/mol. The number of hydrogen-bond acceptors (Lipinski definition) is 4. The number of aromatic nitrogens is 4. The molecule has 0 aromatic carbocycles. The summed E-state index contributed by atoms with van der Waals surface area (Å²) in [5, 5.41) is 0. The first-order chi connectivity index (χ1) is 7.31. The van der Waals surface area contributed by atoms with Crippen molar-refractivity contribution in [2.75, 3.05) is 7.11 Å². The van der Waals surface area contributed by atoms with Crippen LogP contribution in [0.5, 0.6) is 5.88 Å². The monoisotopic (exact) mass is 222 g/mol. The summed E-state index contributed by atoms with van der Waals surface area (Å²) < 4.78 is 7.90. The van der Waals surface area contributed by atoms with Gasteiger partial charge in [-0.25, -0.2) is 4.98 Å². The molecule has 1 N–H and O–H groups in total. The maximum Gasteiger partial charge on any atom is 0.242 e. The first-order valence-electron chi connectivity index (χ1n) is 4.80. The Kier molecular flexibility index (Phi) is 1.79. The number of aromatic amines is 1. The van der Waals surface area contributed by atoms with Crippen LogP contribution in [0.15, 0.2) is 6.33 Å². The number of ether oxygens (including phenoxy) is 1. The molecule has 1 aliphatic carbocycles. The second-order valence-electron chi connectivity index (χ2n) is 3.61. The largest absolute Gasteiger partial charge is 0.479 e. The third kappa shape index (κ3) is 1.25. The Morgan fingerprint density at radius 3 is 3.00 bits per heavy atom. The van der Waals surface area contributed by atoms with Crippen LogP contribution in [-0.4, -0.2) is 26.6 Å². The molecule has 0 aliphatic heterocycles. The summed E-state index contributed by atoms with van der Waals surface area (Å²) in [6.45, 7) is 0. The van der Waals surface area contributed by atoms with E-state index in [4.69, 9.17) is 17.0 Å². The van der Waals surface area contributed by atoms with Crippen molar-refractivity contribution in [1.29, 1.82) is 0 Å². The Balaban J connectivity index is 2.36. The normalized spacial score (nSPS) is 15.8. The molecule has 3 rings (SSSR count). The molecular weight excluding hydrogens is 212 g/mol. The summed E-state index contributed by atoms with van der Waals surface area (Å²) in [5.41, 5.74) is 1.63. The molecule has 0 unspecified atom stereocenters. The molecule has 2 aromatic heterocycles. The molecule has 0 radical (unpaired) electrons. The van der Waals surface area contributed by atoms with E-state index in [-0.39, 0.29) is 0 Å². The first-order valence-corrected chi connectivity index (χ1v) is 5.21. The number of rotatable bonds is 2. The van der Waals surface area contributed by atoms with Crippen molar-refractivity contribution in [3.63, 3.8) is 0 Å². The van der Waals surface area contributed by atoms with E-state index in [9.17, 15) is 0 Å². The van der Waals surface area contributed by atoms with E-state index in [0.29, 0.717) is 16.7 Å². The van der Waals surface area contributed by atoms with Crippen molar-refractivity contribution in [3.8, 4) is 5.88 Å². The van der Waals surface area contributed by atoms with Crippen molar-refractivity contribution in [1.82, 2.24) is 19.5 Å². The van der Waals surface area contributed by atoms with Crippen molar-refractivity contribution in [3.05, 3.63) is 11.1 Å². The summed E-state index contributed by atoms with van der Waals surface area (Å²) in [6.07, 6.45) is 3.85. The van der Waals surface area contributed by atoms with Crippen molar-refractivity contribution >= 4 is 23.4 Å². The lowest BCUT2D eigenvalue weighted by Gasteiger charge is -2.01. The standard InChI is InChI=1S/C9H10N4OS/c1-14-8-6-7(10-4-11-8)13(5-2-3-5)9(15)12-6/h4-5H,2-3H2,1H3,(H,12,15). The summed E-state index contributed by atoms with van der Waals surface area (Å²) in [7, 11) is 1.59. The van der Waals surface area contributed by atoms with Crippen molar-refractivity contribution in [2.45, 2.75) is 18.9 Å². The molecule has 6 heteroatoms. The van der Waals surface area contributed by atoms with Crippen LogP contribution in [0, 0.1) is 4.77 Å². The third-order valence-electron chi connectivity index (χ3n) is 2.58. The van der Waals surface area contributed by atoms with Gasteiger partial charge in [0.25, 0.3) is 0 Å². The number of nitrogens with one attached hydrogen (secondary N) is 1. The van der Waals surface area contributed by atoms with Gasteiger partial charge >= 0.3 is 0 Å². The maximum atomic E-state index is 5.26. The fourth-order valence-corrected chi connectivity index (χ4v) is 2.08. The van der Waals surface area contributed by atoms with Crippen LogP contribution in [0.3, 0.4) is 0 Å². The van der Waals surface area contributed by atoms with Gasteiger partial charge in [0.05, 0.1) is 7.11 Å². The lowest BCUT2D eigenvalue weighted by molar-refractivity contribution is 0.401. The van der Waals surface area contributed by atoms with E-state index in [1.54, 1.807) is 7.11 Å². The van der Waals surface area contributed by atoms with Gasteiger partial charge in [-0.2, -0.15) is 4.98 Å². The molecule has 0 saturated heterocycles. The predicted molar refractivity (Wildman–Crippen MR) is 57.5 cm³/mol. The minimum absolute atomic E-state index is 0.505. The lowest BCUT2D eigenvalue weighted by Crippen LogP contribution is -1.96. The molecule has 2 heterocycles. The molecule has 0 spiro atoms. The number of methoxy groups -OCH3 is 1. The van der Waals surface area contributed by atoms with Crippen LogP contribution in [0.2, 0.25) is 0 Å². The van der Waals surface area contributed by atoms with Crippen LogP contribution in [-0.2, 0) is 0 Å². The molecule has 1 saturated carbocycles. The van der Waals surface area contributed by atoms with Crippen LogP contribution < -0.4 is 4.74 Å². The van der Waals surface area contributed by atoms with Crippen molar-refractivity contribution in [2.24, 2.45) is 0 Å². The number of imidazole rings is 1. The van der Waals surface area contributed by atoms with E-state index in [2.05, 4.69) is 19.5 Å². The van der Waals surface area contributed by atoms with Crippen LogP contribution in [0.1, 0.15) is 18.9 Å². The molecule has 2 aromatic rings. The minimum Gasteiger partial charge on any atom is -0.479 e. The van der Waals surface area contributed by atoms with Crippen LogP contribution in [0.25, 0.3) is 11.2 Å². The highest BCUT2D eigenvalue weighted by Crippen LogP contribution is 2.37. The smallest absolute Gasteiger partial charge is 0.242 e. The Morgan fingerprint density at radius 1 is 1.53 bits per heavy atom. The highest BCUT2D eigenvalue weighted by atomic mass is 32.1. The van der Waals surface area contributed by atoms with Crippen LogP contribution in [0.4, 0.5) is 0 Å². The number of fused-ring (bicyclic) bond motifs is 1. The Hall–Kier alpha value is -1.43. The van der Waals surface area contributed by atoms with Gasteiger partial charge in [0.2, 0.25) is 5.88 Å². The fraction of sp³-hybridized carbons (Fsp3) is 0.444. The van der Waals surface area contributed by atoms with Gasteiger partial charge in [0.1, 0.15) is 11.8 Å². The Labute approximate surface area is 91.1 Å². The fourth-order valence-electron chi connectivity index (χ4n) is 1.74. The lowest BCUT2D eigenvalue weighted by atomic mass is 10.5. The van der Waals surface area contributed by atoms with Gasteiger partial charge in [0.15, 0.2) is 10.4 Å². The maximum absolute atomic E-state index is 5.26. The van der Waals surface area contributed by atoms with Crippen LogP contribution >= 0.6 is 12.2 Å². The van der Waals surface area contributed by atoms with E-state index < -0.39 is 0 Å². The third-order valence-corrected chi connectivity index (χ3v) is 2.88. The van der Waals surface area contributed by atoms with Gasteiger partial charge in [-0.15, -0.1) is 0 Å². The zero-order valence-electron chi connectivity index (χ0n) is 8.23. The number of H-pyrrole nitrogens is 1. The van der Waals surface area contributed by atoms with Gasteiger partial charge in [-0.3, -0.25) is 4.57 Å². The molecule has 0 amide bonds. The van der Waals surface area contributed by atoms with E-state index >= 15 is 0 Å². The predicted octanol–water partition coefficient (Wildman–Crippen LogP) is 1.83. The number of nitrogens with zero attached hydrogens (tertiary/aromatic N) is 3. The highest BCUT2D eigenvalue weighted by Gasteiger charge is 2.27. The molecule has 1 aliphatic rings. The van der Waals surface area contributed by atoms with Gasteiger partial charge < -0.3 is 9.72 Å². The summed E-state index contributed by atoms with van der Waals surface area (Å²) in [6, 6.07) is 0.505. The summed E-state index contributed by atoms with van der Waals surface area (Å²) in [5.74, 6) is 0.547. The molecule has 0 atom stereocenters. The van der Waals surface area contributed by atoms with E-state index in [1.807, 2.05) is 0 Å². The number of hydrogen-bond donors (Lipinski definition) is 1. The summed E-state index contributed by atoms with van der Waals surface area (Å²) >= 11 is 5.26. The zero-order valence-corrected chi connectivity index (χ0v) is 9.04. The van der Waals surface area contributed by atoms with E-state index in [0.717, 1.165) is 11.2 Å². The summed E-state index contributed by atoms with van der Waals surface area (Å²) in [4.78, 5) is 11.4. The molecule has 5 nitrogen and oxygen atoms in total. The van der Waals surface area contributed by atoms with E-state index in [1.165, 1.54) is 19.2 Å². The average Bonchev–Trinajstić information content (AvgIpc) is 3.00. The van der Waals surface area contributed by atoms with Crippen molar-refractivity contribution < 1.29 is 4.74 Å². The topological polar surface area (TPSA) is 55.7 Å². The zero-order chi connectivity index (χ0) is 10.4. The second-order valence-corrected chi connectivity index (χ2v) is 4.00. The van der Waals surface area contributed by atoms with Gasteiger partial charge in [-0.1, -0.05) is 0 Å².